The van der Waals surface area contributed by atoms with E-state index in [1.165, 1.54) is 12.0 Å². The van der Waals surface area contributed by atoms with Gasteiger partial charge in [-0.25, -0.2) is 4.79 Å². The SMILES string of the molecule is CC(C)C(=O)N1CCN(CCN(CC2=CCC3CC2C3(C)C)C(=O)Nc2ccc(Cl)cc2)CC1. The number of fused-ring (bicyclic) bond motifs is 1. The van der Waals surface area contributed by atoms with Crippen LogP contribution in [0.5, 0.6) is 0 Å². The lowest BCUT2D eigenvalue weighted by Crippen LogP contribution is -2.53. The van der Waals surface area contributed by atoms with Gasteiger partial charge in [-0.1, -0.05) is 50.9 Å². The molecule has 2 atom stereocenters. The average molecular weight is 487 g/mol. The first kappa shape index (κ1) is 25.1. The minimum Gasteiger partial charge on any atom is -0.340 e. The molecule has 3 aliphatic carbocycles. The predicted molar refractivity (Wildman–Crippen MR) is 138 cm³/mol. The van der Waals surface area contributed by atoms with Gasteiger partial charge in [0.1, 0.15) is 0 Å². The highest BCUT2D eigenvalue weighted by Crippen LogP contribution is 2.59. The van der Waals surface area contributed by atoms with Crippen molar-refractivity contribution in [3.8, 4) is 0 Å². The fourth-order valence-corrected chi connectivity index (χ4v) is 5.81. The van der Waals surface area contributed by atoms with Crippen molar-refractivity contribution >= 4 is 29.2 Å². The van der Waals surface area contributed by atoms with Crippen LogP contribution in [0.2, 0.25) is 5.02 Å². The van der Waals surface area contributed by atoms with Crippen LogP contribution in [0, 0.1) is 23.2 Å². The number of nitrogens with one attached hydrogen (secondary N) is 1. The molecule has 1 aromatic rings. The fourth-order valence-electron chi connectivity index (χ4n) is 5.68. The van der Waals surface area contributed by atoms with Gasteiger partial charge >= 0.3 is 6.03 Å². The van der Waals surface area contributed by atoms with Gasteiger partial charge in [0, 0.05) is 62.4 Å². The van der Waals surface area contributed by atoms with E-state index in [4.69, 9.17) is 11.6 Å². The van der Waals surface area contributed by atoms with E-state index in [0.717, 1.165) is 50.7 Å². The Bertz CT molecular complexity index is 919. The van der Waals surface area contributed by atoms with E-state index in [9.17, 15) is 9.59 Å². The van der Waals surface area contributed by atoms with Crippen molar-refractivity contribution in [3.63, 3.8) is 0 Å². The number of hydrogen-bond acceptors (Lipinski definition) is 3. The van der Waals surface area contributed by atoms with E-state index in [1.54, 1.807) is 12.1 Å². The average Bonchev–Trinajstić information content (AvgIpc) is 2.82. The van der Waals surface area contributed by atoms with E-state index in [-0.39, 0.29) is 17.9 Å². The zero-order valence-corrected chi connectivity index (χ0v) is 21.8. The standard InChI is InChI=1S/C27H39ClN4O2/c1-19(2)25(33)31-14-11-30(12-15-31)13-16-32(26(34)29-23-9-7-22(28)8-10-23)18-20-5-6-21-17-24(20)27(21,3)4/h5,7-10,19,21,24H,6,11-18H2,1-4H3,(H,29,34). The largest absolute Gasteiger partial charge is 0.340 e. The van der Waals surface area contributed by atoms with Crippen LogP contribution in [0.4, 0.5) is 10.5 Å². The molecule has 1 N–H and O–H groups in total. The molecule has 1 saturated carbocycles. The molecule has 186 valence electrons. The Kier molecular flexibility index (Phi) is 7.58. The monoisotopic (exact) mass is 486 g/mol. The lowest BCUT2D eigenvalue weighted by Gasteiger charge is -2.57. The summed E-state index contributed by atoms with van der Waals surface area (Å²) in [5.74, 6) is 1.62. The number of urea groups is 1. The molecule has 2 bridgehead atoms. The third-order valence-electron chi connectivity index (χ3n) is 8.20. The summed E-state index contributed by atoms with van der Waals surface area (Å²) in [5.41, 5.74) is 2.50. The molecule has 4 aliphatic rings. The first-order chi connectivity index (χ1) is 16.1. The van der Waals surface area contributed by atoms with Crippen LogP contribution >= 0.6 is 11.6 Å². The summed E-state index contributed by atoms with van der Waals surface area (Å²) in [6, 6.07) is 7.18. The molecule has 2 fully saturated rings. The number of halogens is 1. The van der Waals surface area contributed by atoms with Crippen LogP contribution in [0.1, 0.15) is 40.5 Å². The summed E-state index contributed by atoms with van der Waals surface area (Å²) in [6.07, 6.45) is 4.75. The maximum atomic E-state index is 13.3. The van der Waals surface area contributed by atoms with E-state index in [0.29, 0.717) is 29.4 Å². The number of hydrogen-bond donors (Lipinski definition) is 1. The summed E-state index contributed by atoms with van der Waals surface area (Å²) < 4.78 is 0. The highest BCUT2D eigenvalue weighted by molar-refractivity contribution is 6.30. The van der Waals surface area contributed by atoms with Crippen molar-refractivity contribution in [1.82, 2.24) is 14.7 Å². The van der Waals surface area contributed by atoms with Crippen LogP contribution in [-0.2, 0) is 4.79 Å². The highest BCUT2D eigenvalue weighted by Gasteiger charge is 2.51. The molecule has 34 heavy (non-hydrogen) atoms. The minimum atomic E-state index is -0.0731. The molecule has 2 unspecified atom stereocenters. The molecular weight excluding hydrogens is 448 g/mol. The van der Waals surface area contributed by atoms with Gasteiger partial charge in [0.25, 0.3) is 0 Å². The van der Waals surface area contributed by atoms with Gasteiger partial charge < -0.3 is 15.1 Å². The maximum absolute atomic E-state index is 13.3. The van der Waals surface area contributed by atoms with E-state index < -0.39 is 0 Å². The van der Waals surface area contributed by atoms with Gasteiger partial charge in [-0.15, -0.1) is 0 Å². The zero-order valence-electron chi connectivity index (χ0n) is 21.0. The van der Waals surface area contributed by atoms with Crippen molar-refractivity contribution in [3.05, 3.63) is 40.9 Å². The Morgan fingerprint density at radius 3 is 2.41 bits per heavy atom. The van der Waals surface area contributed by atoms with Crippen LogP contribution in [-0.4, -0.2) is 72.5 Å². The summed E-state index contributed by atoms with van der Waals surface area (Å²) in [7, 11) is 0. The smallest absolute Gasteiger partial charge is 0.322 e. The van der Waals surface area contributed by atoms with Crippen molar-refractivity contribution in [2.45, 2.75) is 40.5 Å². The maximum Gasteiger partial charge on any atom is 0.322 e. The van der Waals surface area contributed by atoms with Crippen LogP contribution in [0.15, 0.2) is 35.9 Å². The molecule has 0 aromatic heterocycles. The molecule has 1 heterocycles. The third kappa shape index (κ3) is 5.44. The van der Waals surface area contributed by atoms with Crippen LogP contribution < -0.4 is 5.32 Å². The van der Waals surface area contributed by atoms with Gasteiger partial charge in [-0.2, -0.15) is 0 Å². The van der Waals surface area contributed by atoms with E-state index in [2.05, 4.69) is 30.1 Å². The number of amides is 3. The number of piperazine rings is 1. The molecular formula is C27H39ClN4O2. The van der Waals surface area contributed by atoms with Crippen LogP contribution in [0.3, 0.4) is 0 Å². The molecule has 1 saturated heterocycles. The lowest BCUT2D eigenvalue weighted by molar-refractivity contribution is -0.136. The quantitative estimate of drug-likeness (QED) is 0.554. The molecule has 1 aromatic carbocycles. The highest BCUT2D eigenvalue weighted by atomic mass is 35.5. The number of rotatable bonds is 7. The summed E-state index contributed by atoms with van der Waals surface area (Å²) >= 11 is 6.01. The van der Waals surface area contributed by atoms with Crippen molar-refractivity contribution in [1.29, 1.82) is 0 Å². The Morgan fingerprint density at radius 2 is 1.82 bits per heavy atom. The summed E-state index contributed by atoms with van der Waals surface area (Å²) in [5, 5.41) is 3.71. The molecule has 0 spiro atoms. The summed E-state index contributed by atoms with van der Waals surface area (Å²) in [4.78, 5) is 31.9. The van der Waals surface area contributed by atoms with Gasteiger partial charge in [0.05, 0.1) is 0 Å². The molecule has 7 heteroatoms. The number of benzene rings is 1. The van der Waals surface area contributed by atoms with E-state index >= 15 is 0 Å². The second kappa shape index (κ2) is 10.3. The molecule has 1 aliphatic heterocycles. The molecule has 0 radical (unpaired) electrons. The Hall–Kier alpha value is -2.05. The van der Waals surface area contributed by atoms with Crippen molar-refractivity contribution < 1.29 is 9.59 Å². The minimum absolute atomic E-state index is 0.0396. The molecule has 3 amide bonds. The number of nitrogens with zero attached hydrogens (tertiary/aromatic N) is 3. The lowest BCUT2D eigenvalue weighted by atomic mass is 9.49. The normalized spacial score (nSPS) is 23.8. The number of carbonyl (C=O) groups excluding carboxylic acids is 2. The first-order valence-corrected chi connectivity index (χ1v) is 13.0. The zero-order chi connectivity index (χ0) is 24.5. The fraction of sp³-hybridized carbons (Fsp3) is 0.630. The molecule has 5 rings (SSSR count). The Labute approximate surface area is 209 Å². The van der Waals surface area contributed by atoms with Gasteiger partial charge in [-0.05, 0) is 54.4 Å². The number of anilines is 1. The number of carbonyl (C=O) groups is 2. The van der Waals surface area contributed by atoms with Gasteiger partial charge in [0.2, 0.25) is 5.91 Å². The van der Waals surface area contributed by atoms with E-state index in [1.807, 2.05) is 35.8 Å². The van der Waals surface area contributed by atoms with Gasteiger partial charge in [-0.3, -0.25) is 9.69 Å². The second-order valence-electron chi connectivity index (χ2n) is 11.0. The Morgan fingerprint density at radius 1 is 1.15 bits per heavy atom. The molecule has 6 nitrogen and oxygen atoms in total. The summed E-state index contributed by atoms with van der Waals surface area (Å²) in [6.45, 7) is 14.0. The Balaban J connectivity index is 1.38. The van der Waals surface area contributed by atoms with Crippen molar-refractivity contribution in [2.75, 3.05) is 51.1 Å². The first-order valence-electron chi connectivity index (χ1n) is 12.7. The topological polar surface area (TPSA) is 55.9 Å². The number of allylic oxidation sites excluding steroid dienone is 1. The third-order valence-corrected chi connectivity index (χ3v) is 8.45. The second-order valence-corrected chi connectivity index (χ2v) is 11.4. The van der Waals surface area contributed by atoms with Gasteiger partial charge in [0.15, 0.2) is 0 Å². The predicted octanol–water partition coefficient (Wildman–Crippen LogP) is 4.97. The van der Waals surface area contributed by atoms with Crippen LogP contribution in [0.25, 0.3) is 0 Å². The van der Waals surface area contributed by atoms with Crippen molar-refractivity contribution in [2.24, 2.45) is 23.2 Å².